The minimum Gasteiger partial charge on any atom is -0.507 e. The molecule has 14 nitrogen and oxygen atoms in total. The number of nitrogens with two attached hydrogens (primary N) is 4. The van der Waals surface area contributed by atoms with Gasteiger partial charge in [-0.05, 0) is 49.2 Å². The van der Waals surface area contributed by atoms with Crippen molar-refractivity contribution in [3.8, 4) is 17.0 Å². The van der Waals surface area contributed by atoms with E-state index in [0.29, 0.717) is 62.3 Å². The van der Waals surface area contributed by atoms with E-state index in [9.17, 15) is 9.90 Å². The van der Waals surface area contributed by atoms with Crippen LogP contribution in [0, 0.1) is 0 Å². The Hall–Kier alpha value is -4.89. The number of piperidine rings is 2. The molecule has 2 aromatic heterocycles. The highest BCUT2D eigenvalue weighted by Crippen LogP contribution is 2.28. The van der Waals surface area contributed by atoms with Crippen molar-refractivity contribution in [2.45, 2.75) is 37.0 Å². The fraction of sp³-hybridized carbons (Fsp3) is 0.323. The van der Waals surface area contributed by atoms with E-state index in [4.69, 9.17) is 27.9 Å². The molecule has 2 fully saturated rings. The average molecular weight is 611 g/mol. The number of aromatic nitrogens is 4. The molecule has 2 aliphatic heterocycles. The number of pyridine rings is 1. The highest BCUT2D eigenvalue weighted by Gasteiger charge is 2.29. The molecule has 4 atom stereocenters. The minimum atomic E-state index is -0.454. The zero-order chi connectivity index (χ0) is 31.5. The standard InChI is InChI=1S/C31H38N12O2/c32-19-11-20(33)15-42(14-19)30-39-29(40-31(41-30)43-16-21(34)12-22(35)17-43)38-24-8-9-25(27(44)13-24)28(45)37-23-6-4-18(5-7-23)26-3-1-2-10-36-26/h1-10,13,19-22,44H,11-12,14-17,32-35H2,(H,37,45)(H,38,39,40,41)/t19-,20+,21-,22+. The van der Waals surface area contributed by atoms with Gasteiger partial charge in [-0.15, -0.1) is 0 Å². The van der Waals surface area contributed by atoms with E-state index in [2.05, 4.69) is 25.6 Å². The highest BCUT2D eigenvalue weighted by atomic mass is 16.3. The first kappa shape index (κ1) is 30.1. The largest absolute Gasteiger partial charge is 0.507 e. The molecule has 11 N–H and O–H groups in total. The number of rotatable bonds is 7. The van der Waals surface area contributed by atoms with Crippen molar-refractivity contribution >= 4 is 35.1 Å². The van der Waals surface area contributed by atoms with Crippen LogP contribution in [0.2, 0.25) is 0 Å². The van der Waals surface area contributed by atoms with Gasteiger partial charge in [-0.2, -0.15) is 15.0 Å². The molecule has 0 bridgehead atoms. The van der Waals surface area contributed by atoms with Gasteiger partial charge in [0.25, 0.3) is 5.91 Å². The Labute approximate surface area is 260 Å². The normalized spacial score (nSPS) is 21.8. The van der Waals surface area contributed by atoms with Gasteiger partial charge in [0.1, 0.15) is 5.75 Å². The van der Waals surface area contributed by atoms with Gasteiger partial charge in [-0.3, -0.25) is 9.78 Å². The van der Waals surface area contributed by atoms with E-state index in [1.165, 1.54) is 12.1 Å². The first-order chi connectivity index (χ1) is 21.7. The molecule has 0 aliphatic carbocycles. The molecule has 2 saturated heterocycles. The second kappa shape index (κ2) is 13.0. The molecule has 45 heavy (non-hydrogen) atoms. The molecule has 0 unspecified atom stereocenters. The first-order valence-corrected chi connectivity index (χ1v) is 14.9. The molecule has 0 spiro atoms. The number of nitrogens with one attached hydrogen (secondary N) is 2. The fourth-order valence-corrected chi connectivity index (χ4v) is 5.76. The molecule has 4 aromatic rings. The summed E-state index contributed by atoms with van der Waals surface area (Å²) in [4.78, 5) is 35.3. The molecule has 234 valence electrons. The summed E-state index contributed by atoms with van der Waals surface area (Å²) >= 11 is 0. The number of anilines is 5. The zero-order valence-corrected chi connectivity index (χ0v) is 24.8. The Bertz CT molecular complexity index is 1570. The summed E-state index contributed by atoms with van der Waals surface area (Å²) in [6.07, 6.45) is 3.15. The van der Waals surface area contributed by atoms with Crippen LogP contribution in [0.1, 0.15) is 23.2 Å². The number of nitrogens with zero attached hydrogens (tertiary/aromatic N) is 6. The number of amides is 1. The summed E-state index contributed by atoms with van der Waals surface area (Å²) in [5.74, 6) is 0.438. The van der Waals surface area contributed by atoms with Crippen molar-refractivity contribution in [2.24, 2.45) is 22.9 Å². The summed E-state index contributed by atoms with van der Waals surface area (Å²) in [6.45, 7) is 2.19. The van der Waals surface area contributed by atoms with E-state index in [1.807, 2.05) is 40.1 Å². The SMILES string of the molecule is N[C@@H]1C[C@H](N)CN(c2nc(Nc3ccc(C(=O)Nc4ccc(-c5ccccn5)cc4)c(O)c3)nc(N3C[C@H](N)C[C@H](N)C3)n2)C1. The number of carbonyl (C=O) groups is 1. The monoisotopic (exact) mass is 610 g/mol. The predicted molar refractivity (Wildman–Crippen MR) is 174 cm³/mol. The predicted octanol–water partition coefficient (Wildman–Crippen LogP) is 1.36. The molecule has 1 amide bonds. The topological polar surface area (TPSA) is 223 Å². The maximum absolute atomic E-state index is 13.0. The van der Waals surface area contributed by atoms with Crippen LogP contribution < -0.4 is 43.4 Å². The molecular formula is C31H38N12O2. The number of aromatic hydroxyl groups is 1. The van der Waals surface area contributed by atoms with Crippen LogP contribution in [0.5, 0.6) is 5.75 Å². The molecule has 2 aromatic carbocycles. The van der Waals surface area contributed by atoms with Crippen molar-refractivity contribution < 1.29 is 9.90 Å². The molecule has 6 rings (SSSR count). The van der Waals surface area contributed by atoms with Gasteiger partial charge in [0.15, 0.2) is 0 Å². The molecule has 2 aliphatic rings. The molecular weight excluding hydrogens is 572 g/mol. The van der Waals surface area contributed by atoms with Gasteiger partial charge < -0.3 is 48.5 Å². The number of carbonyl (C=O) groups excluding carboxylic acids is 1. The van der Waals surface area contributed by atoms with Crippen LogP contribution in [0.4, 0.5) is 29.2 Å². The third-order valence-electron chi connectivity index (χ3n) is 7.81. The lowest BCUT2D eigenvalue weighted by Gasteiger charge is -2.37. The second-order valence-corrected chi connectivity index (χ2v) is 11.7. The third-order valence-corrected chi connectivity index (χ3v) is 7.81. The molecule has 4 heterocycles. The lowest BCUT2D eigenvalue weighted by molar-refractivity contribution is 0.102. The Morgan fingerprint density at radius 2 is 1.33 bits per heavy atom. The quantitative estimate of drug-likeness (QED) is 0.157. The summed E-state index contributed by atoms with van der Waals surface area (Å²) in [5.41, 5.74) is 27.9. The van der Waals surface area contributed by atoms with Crippen LogP contribution in [0.25, 0.3) is 11.3 Å². The third kappa shape index (κ3) is 7.26. The van der Waals surface area contributed by atoms with E-state index < -0.39 is 5.91 Å². The summed E-state index contributed by atoms with van der Waals surface area (Å²) in [5, 5.41) is 16.8. The van der Waals surface area contributed by atoms with Crippen LogP contribution in [-0.2, 0) is 0 Å². The van der Waals surface area contributed by atoms with Gasteiger partial charge in [0, 0.05) is 79.5 Å². The Morgan fingerprint density at radius 3 is 1.87 bits per heavy atom. The minimum absolute atomic E-state index is 0.110. The van der Waals surface area contributed by atoms with Gasteiger partial charge >= 0.3 is 0 Å². The van der Waals surface area contributed by atoms with Crippen molar-refractivity contribution in [1.82, 2.24) is 19.9 Å². The number of hydrogen-bond donors (Lipinski definition) is 7. The van der Waals surface area contributed by atoms with Gasteiger partial charge in [-0.25, -0.2) is 0 Å². The summed E-state index contributed by atoms with van der Waals surface area (Å²) in [7, 11) is 0. The Morgan fingerprint density at radius 1 is 0.756 bits per heavy atom. The number of phenols is 1. The Balaban J connectivity index is 1.20. The van der Waals surface area contributed by atoms with E-state index in [0.717, 1.165) is 11.3 Å². The smallest absolute Gasteiger partial charge is 0.259 e. The fourth-order valence-electron chi connectivity index (χ4n) is 5.76. The Kier molecular flexibility index (Phi) is 8.71. The second-order valence-electron chi connectivity index (χ2n) is 11.7. The number of hydrogen-bond acceptors (Lipinski definition) is 13. The number of benzene rings is 2. The van der Waals surface area contributed by atoms with Crippen LogP contribution in [-0.4, -0.2) is 81.3 Å². The van der Waals surface area contributed by atoms with Crippen molar-refractivity contribution in [3.05, 3.63) is 72.4 Å². The van der Waals surface area contributed by atoms with Crippen LogP contribution in [0.15, 0.2) is 66.9 Å². The van der Waals surface area contributed by atoms with E-state index >= 15 is 0 Å². The van der Waals surface area contributed by atoms with Gasteiger partial charge in [0.05, 0.1) is 11.3 Å². The molecule has 0 radical (unpaired) electrons. The first-order valence-electron chi connectivity index (χ1n) is 14.9. The lowest BCUT2D eigenvalue weighted by Crippen LogP contribution is -2.54. The average Bonchev–Trinajstić information content (AvgIpc) is 3.01. The van der Waals surface area contributed by atoms with Crippen molar-refractivity contribution in [3.63, 3.8) is 0 Å². The van der Waals surface area contributed by atoms with Crippen LogP contribution in [0.3, 0.4) is 0 Å². The maximum Gasteiger partial charge on any atom is 0.259 e. The van der Waals surface area contributed by atoms with Crippen molar-refractivity contribution in [2.75, 3.05) is 46.6 Å². The summed E-state index contributed by atoms with van der Waals surface area (Å²) < 4.78 is 0. The number of phenolic OH excluding ortho intramolecular Hbond substituents is 1. The zero-order valence-electron chi connectivity index (χ0n) is 24.8. The molecule has 0 saturated carbocycles. The van der Waals surface area contributed by atoms with Gasteiger partial charge in [-0.1, -0.05) is 18.2 Å². The highest BCUT2D eigenvalue weighted by molar-refractivity contribution is 6.06. The van der Waals surface area contributed by atoms with Crippen molar-refractivity contribution in [1.29, 1.82) is 0 Å². The van der Waals surface area contributed by atoms with Gasteiger partial charge in [0.2, 0.25) is 17.8 Å². The molecule has 14 heteroatoms. The van der Waals surface area contributed by atoms with E-state index in [1.54, 1.807) is 24.4 Å². The van der Waals surface area contributed by atoms with E-state index in [-0.39, 0.29) is 41.4 Å². The lowest BCUT2D eigenvalue weighted by atomic mass is 10.0. The summed E-state index contributed by atoms with van der Waals surface area (Å²) in [6, 6.07) is 17.2. The maximum atomic E-state index is 13.0. The van der Waals surface area contributed by atoms with Crippen LogP contribution >= 0.6 is 0 Å².